The molecule has 0 aromatic heterocycles. The highest BCUT2D eigenvalue weighted by molar-refractivity contribution is 6.46. The topological polar surface area (TPSA) is 76.1 Å². The molecule has 3 aromatic carbocycles. The van der Waals surface area contributed by atoms with Gasteiger partial charge < -0.3 is 19.5 Å². The van der Waals surface area contributed by atoms with Gasteiger partial charge in [-0.2, -0.15) is 0 Å². The fourth-order valence-electron chi connectivity index (χ4n) is 4.86. The van der Waals surface area contributed by atoms with Crippen LogP contribution in [-0.4, -0.2) is 41.5 Å². The molecule has 2 heterocycles. The number of Topliss-reactive ketones (excluding diaryl/α,β-unsaturated/α-hetero) is 1. The molecule has 2 aliphatic heterocycles. The van der Waals surface area contributed by atoms with Crippen molar-refractivity contribution in [3.05, 3.63) is 101 Å². The molecule has 2 atom stereocenters. The Bertz CT molecular complexity index is 1300. The van der Waals surface area contributed by atoms with Crippen LogP contribution in [0.25, 0.3) is 5.76 Å². The van der Waals surface area contributed by atoms with Crippen LogP contribution in [0.3, 0.4) is 0 Å². The van der Waals surface area contributed by atoms with Crippen molar-refractivity contribution in [2.75, 3.05) is 13.7 Å². The number of amides is 1. The molecule has 1 N–H and O–H groups in total. The predicted octanol–water partition coefficient (Wildman–Crippen LogP) is 4.68. The van der Waals surface area contributed by atoms with E-state index in [1.165, 1.54) is 0 Å². The number of ether oxygens (including phenoxy) is 2. The van der Waals surface area contributed by atoms with E-state index < -0.39 is 17.7 Å². The van der Waals surface area contributed by atoms with Crippen molar-refractivity contribution < 1.29 is 24.2 Å². The third kappa shape index (κ3) is 4.28. The Kier molecular flexibility index (Phi) is 6.03. The van der Waals surface area contributed by atoms with Crippen molar-refractivity contribution in [1.29, 1.82) is 0 Å². The number of carbonyl (C=O) groups excluding carboxylic acids is 2. The molecule has 0 saturated carbocycles. The zero-order valence-corrected chi connectivity index (χ0v) is 19.7. The average molecular weight is 470 g/mol. The van der Waals surface area contributed by atoms with E-state index in [1.807, 2.05) is 61.5 Å². The molecule has 5 rings (SSSR count). The molecule has 0 radical (unpaired) electrons. The second-order valence-corrected chi connectivity index (χ2v) is 8.96. The standard InChI is InChI=1S/C29H27NO5/c1-18-16-22-17-21(10-13-24(22)35-18)27(31)25-26(20-8-11-23(34-2)12-9-20)30(29(33)28(25)32)15-14-19-6-4-3-5-7-19/h3-13,17-18,26,31H,14-16H2,1-2H3/t18-,26+/m0/s1. The molecule has 6 nitrogen and oxygen atoms in total. The van der Waals surface area contributed by atoms with E-state index in [9.17, 15) is 14.7 Å². The van der Waals surface area contributed by atoms with Gasteiger partial charge in [-0.05, 0) is 60.4 Å². The highest BCUT2D eigenvalue weighted by atomic mass is 16.5. The lowest BCUT2D eigenvalue weighted by Gasteiger charge is -2.25. The third-order valence-corrected chi connectivity index (χ3v) is 6.63. The quantitative estimate of drug-likeness (QED) is 0.322. The van der Waals surface area contributed by atoms with Gasteiger partial charge in [0.25, 0.3) is 11.7 Å². The maximum Gasteiger partial charge on any atom is 0.295 e. The van der Waals surface area contributed by atoms with Crippen LogP contribution in [0.4, 0.5) is 0 Å². The van der Waals surface area contributed by atoms with Crippen LogP contribution in [0, 0.1) is 0 Å². The molecule has 35 heavy (non-hydrogen) atoms. The van der Waals surface area contributed by atoms with E-state index in [0.29, 0.717) is 24.3 Å². The molecule has 178 valence electrons. The number of carbonyl (C=O) groups is 2. The van der Waals surface area contributed by atoms with Crippen LogP contribution in [0.5, 0.6) is 11.5 Å². The number of hydrogen-bond acceptors (Lipinski definition) is 5. The number of benzene rings is 3. The average Bonchev–Trinajstić information content (AvgIpc) is 3.38. The van der Waals surface area contributed by atoms with Crippen LogP contribution in [0.15, 0.2) is 78.4 Å². The molecule has 2 aliphatic rings. The summed E-state index contributed by atoms with van der Waals surface area (Å²) in [5.74, 6) is -0.0107. The van der Waals surface area contributed by atoms with Crippen molar-refractivity contribution in [2.24, 2.45) is 0 Å². The Labute approximate surface area is 204 Å². The number of likely N-dealkylation sites (tertiary alicyclic amines) is 1. The van der Waals surface area contributed by atoms with Crippen molar-refractivity contribution in [2.45, 2.75) is 31.9 Å². The Morgan fingerprint density at radius 2 is 1.80 bits per heavy atom. The molecule has 1 saturated heterocycles. The summed E-state index contributed by atoms with van der Waals surface area (Å²) in [5.41, 5.74) is 3.37. The van der Waals surface area contributed by atoms with Crippen molar-refractivity contribution >= 4 is 17.4 Å². The summed E-state index contributed by atoms with van der Waals surface area (Å²) >= 11 is 0. The van der Waals surface area contributed by atoms with Gasteiger partial charge in [0, 0.05) is 18.5 Å². The minimum Gasteiger partial charge on any atom is -0.507 e. The van der Waals surface area contributed by atoms with Gasteiger partial charge in [-0.15, -0.1) is 0 Å². The number of nitrogens with zero attached hydrogens (tertiary/aromatic N) is 1. The van der Waals surface area contributed by atoms with Crippen molar-refractivity contribution in [3.63, 3.8) is 0 Å². The maximum atomic E-state index is 13.3. The van der Waals surface area contributed by atoms with Gasteiger partial charge in [0.2, 0.25) is 0 Å². The van der Waals surface area contributed by atoms with E-state index in [1.54, 1.807) is 30.2 Å². The molecule has 3 aromatic rings. The minimum absolute atomic E-state index is 0.0604. The fourth-order valence-corrected chi connectivity index (χ4v) is 4.86. The fraction of sp³-hybridized carbons (Fsp3) is 0.241. The smallest absolute Gasteiger partial charge is 0.295 e. The second kappa shape index (κ2) is 9.29. The summed E-state index contributed by atoms with van der Waals surface area (Å²) in [6.45, 7) is 2.33. The Morgan fingerprint density at radius 1 is 1.06 bits per heavy atom. The zero-order chi connectivity index (χ0) is 24.5. The predicted molar refractivity (Wildman–Crippen MR) is 132 cm³/mol. The van der Waals surface area contributed by atoms with E-state index >= 15 is 0 Å². The normalized spacial score (nSPS) is 20.6. The lowest BCUT2D eigenvalue weighted by atomic mass is 9.94. The molecular formula is C29H27NO5. The van der Waals surface area contributed by atoms with Gasteiger partial charge in [-0.25, -0.2) is 0 Å². The van der Waals surface area contributed by atoms with Gasteiger partial charge in [0.05, 0.1) is 18.7 Å². The number of aliphatic hydroxyl groups excluding tert-OH is 1. The van der Waals surface area contributed by atoms with E-state index in [2.05, 4.69) is 0 Å². The largest absolute Gasteiger partial charge is 0.507 e. The lowest BCUT2D eigenvalue weighted by Crippen LogP contribution is -2.31. The van der Waals surface area contributed by atoms with E-state index in [0.717, 1.165) is 28.9 Å². The van der Waals surface area contributed by atoms with Crippen LogP contribution < -0.4 is 9.47 Å². The first-order chi connectivity index (χ1) is 17.0. The third-order valence-electron chi connectivity index (χ3n) is 6.63. The number of ketones is 1. The zero-order valence-electron chi connectivity index (χ0n) is 19.7. The Hall–Kier alpha value is -4.06. The SMILES string of the molecule is COc1ccc([C@@H]2C(=C(O)c3ccc4c(c3)C[C@H](C)O4)C(=O)C(=O)N2CCc2ccccc2)cc1. The lowest BCUT2D eigenvalue weighted by molar-refractivity contribution is -0.139. The number of hydrogen-bond donors (Lipinski definition) is 1. The van der Waals surface area contributed by atoms with Gasteiger partial charge in [-0.3, -0.25) is 9.59 Å². The monoisotopic (exact) mass is 469 g/mol. The first-order valence-electron chi connectivity index (χ1n) is 11.7. The van der Waals surface area contributed by atoms with Gasteiger partial charge >= 0.3 is 0 Å². The summed E-state index contributed by atoms with van der Waals surface area (Å²) in [4.78, 5) is 28.0. The van der Waals surface area contributed by atoms with Gasteiger partial charge in [-0.1, -0.05) is 42.5 Å². The first kappa shape index (κ1) is 22.7. The van der Waals surface area contributed by atoms with Crippen LogP contribution in [0.1, 0.15) is 35.2 Å². The number of aliphatic hydroxyl groups is 1. The van der Waals surface area contributed by atoms with Gasteiger partial charge in [0.15, 0.2) is 0 Å². The molecule has 0 bridgehead atoms. The minimum atomic E-state index is -0.701. The highest BCUT2D eigenvalue weighted by Gasteiger charge is 2.46. The molecule has 0 aliphatic carbocycles. The molecule has 1 fully saturated rings. The molecular weight excluding hydrogens is 442 g/mol. The summed E-state index contributed by atoms with van der Waals surface area (Å²) in [5, 5.41) is 11.4. The number of rotatable bonds is 6. The van der Waals surface area contributed by atoms with Crippen LogP contribution >= 0.6 is 0 Å². The molecule has 0 unspecified atom stereocenters. The Morgan fingerprint density at radius 3 is 2.51 bits per heavy atom. The van der Waals surface area contributed by atoms with Crippen molar-refractivity contribution in [1.82, 2.24) is 4.90 Å². The van der Waals surface area contributed by atoms with Gasteiger partial charge in [0.1, 0.15) is 23.4 Å². The van der Waals surface area contributed by atoms with E-state index in [-0.39, 0.29) is 17.4 Å². The summed E-state index contributed by atoms with van der Waals surface area (Å²) in [6.07, 6.45) is 1.38. The van der Waals surface area contributed by atoms with Crippen molar-refractivity contribution in [3.8, 4) is 11.5 Å². The first-order valence-corrected chi connectivity index (χ1v) is 11.7. The molecule has 1 amide bonds. The Balaban J connectivity index is 1.57. The molecule has 0 spiro atoms. The second-order valence-electron chi connectivity index (χ2n) is 8.96. The van der Waals surface area contributed by atoms with Crippen LogP contribution in [0.2, 0.25) is 0 Å². The van der Waals surface area contributed by atoms with E-state index in [4.69, 9.17) is 9.47 Å². The summed E-state index contributed by atoms with van der Waals surface area (Å²) < 4.78 is 11.1. The van der Waals surface area contributed by atoms with Crippen LogP contribution in [-0.2, 0) is 22.4 Å². The number of methoxy groups -OCH3 is 1. The number of fused-ring (bicyclic) bond motifs is 1. The maximum absolute atomic E-state index is 13.3. The highest BCUT2D eigenvalue weighted by Crippen LogP contribution is 2.41. The summed E-state index contributed by atoms with van der Waals surface area (Å²) in [6, 6.07) is 21.7. The summed E-state index contributed by atoms with van der Waals surface area (Å²) in [7, 11) is 1.58. The molecule has 6 heteroatoms.